The van der Waals surface area contributed by atoms with Crippen LogP contribution in [0, 0.1) is 0 Å². The quantitative estimate of drug-likeness (QED) is 0.160. The van der Waals surface area contributed by atoms with E-state index in [1.54, 1.807) is 0 Å². The highest BCUT2D eigenvalue weighted by molar-refractivity contribution is 6.12. The lowest BCUT2D eigenvalue weighted by Gasteiger charge is -2.22. The summed E-state index contributed by atoms with van der Waals surface area (Å²) in [7, 11) is 0. The van der Waals surface area contributed by atoms with Crippen molar-refractivity contribution in [2.24, 2.45) is 0 Å². The molecule has 0 saturated carbocycles. The molecule has 0 amide bonds. The van der Waals surface area contributed by atoms with Gasteiger partial charge in [-0.3, -0.25) is 0 Å². The standard InChI is InChI=1S/C62H38N2O2/c1-3-17-39(18-4-1)42-23-13-24-43(37-42)59-53(36-35-48(58(59)41-20-5-2-6-21-41)45-28-14-22-40-19-7-8-25-44(40)45)62-63-54(51-31-15-29-49-46-26-9-11-33-56(46)65-60(49)51)38-55(64-62)52-32-16-30-50-47-27-10-12-34-57(47)66-61(50)52/h1-38H. The summed E-state index contributed by atoms with van der Waals surface area (Å²) in [6.07, 6.45) is 0. The first-order valence-electron chi connectivity index (χ1n) is 22.3. The highest BCUT2D eigenvalue weighted by atomic mass is 16.3. The van der Waals surface area contributed by atoms with Crippen molar-refractivity contribution in [3.63, 3.8) is 0 Å². The van der Waals surface area contributed by atoms with Crippen molar-refractivity contribution in [2.75, 3.05) is 0 Å². The van der Waals surface area contributed by atoms with E-state index in [1.165, 1.54) is 10.8 Å². The molecule has 0 saturated heterocycles. The molecule has 0 fully saturated rings. The van der Waals surface area contributed by atoms with Gasteiger partial charge < -0.3 is 8.83 Å². The van der Waals surface area contributed by atoms with Crippen molar-refractivity contribution >= 4 is 54.6 Å². The molecule has 0 bridgehead atoms. The van der Waals surface area contributed by atoms with Gasteiger partial charge in [-0.2, -0.15) is 0 Å². The van der Waals surface area contributed by atoms with E-state index in [2.05, 4.69) is 206 Å². The van der Waals surface area contributed by atoms with Crippen LogP contribution >= 0.6 is 0 Å². The largest absolute Gasteiger partial charge is 0.455 e. The normalized spacial score (nSPS) is 11.6. The van der Waals surface area contributed by atoms with E-state index in [-0.39, 0.29) is 0 Å². The number of hydrogen-bond acceptors (Lipinski definition) is 4. The number of furan rings is 2. The van der Waals surface area contributed by atoms with E-state index < -0.39 is 0 Å². The topological polar surface area (TPSA) is 52.1 Å². The predicted molar refractivity (Wildman–Crippen MR) is 272 cm³/mol. The average molecular weight is 843 g/mol. The summed E-state index contributed by atoms with van der Waals surface area (Å²) in [4.78, 5) is 11.2. The second kappa shape index (κ2) is 15.4. The molecule has 10 aromatic carbocycles. The fraction of sp³-hybridized carbons (Fsp3) is 0. The smallest absolute Gasteiger partial charge is 0.161 e. The first kappa shape index (κ1) is 37.7. The van der Waals surface area contributed by atoms with Crippen LogP contribution in [0.5, 0.6) is 0 Å². The van der Waals surface area contributed by atoms with Gasteiger partial charge in [-0.25, -0.2) is 9.97 Å². The van der Waals surface area contributed by atoms with Crippen molar-refractivity contribution in [2.45, 2.75) is 0 Å². The molecule has 0 spiro atoms. The molecule has 13 rings (SSSR count). The van der Waals surface area contributed by atoms with Crippen LogP contribution in [0.2, 0.25) is 0 Å². The molecule has 0 radical (unpaired) electrons. The minimum atomic E-state index is 0.588. The Labute approximate surface area is 380 Å². The Morgan fingerprint density at radius 2 is 0.727 bits per heavy atom. The van der Waals surface area contributed by atoms with Crippen molar-refractivity contribution in [1.29, 1.82) is 0 Å². The van der Waals surface area contributed by atoms with Gasteiger partial charge in [0, 0.05) is 43.8 Å². The third-order valence-corrected chi connectivity index (χ3v) is 12.9. The highest BCUT2D eigenvalue weighted by Crippen LogP contribution is 2.48. The van der Waals surface area contributed by atoms with E-state index >= 15 is 0 Å². The molecule has 0 aliphatic rings. The van der Waals surface area contributed by atoms with Crippen molar-refractivity contribution in [1.82, 2.24) is 9.97 Å². The Morgan fingerprint density at radius 3 is 1.39 bits per heavy atom. The maximum Gasteiger partial charge on any atom is 0.161 e. The van der Waals surface area contributed by atoms with E-state index in [9.17, 15) is 0 Å². The monoisotopic (exact) mass is 842 g/mol. The molecule has 3 heterocycles. The lowest BCUT2D eigenvalue weighted by molar-refractivity contribution is 0.669. The Balaban J connectivity index is 1.15. The van der Waals surface area contributed by atoms with Crippen LogP contribution in [0.25, 0.3) is 133 Å². The first-order chi connectivity index (χ1) is 32.7. The second-order valence-corrected chi connectivity index (χ2v) is 16.8. The number of rotatable bonds is 7. The summed E-state index contributed by atoms with van der Waals surface area (Å²) in [5.74, 6) is 0.588. The fourth-order valence-corrected chi connectivity index (χ4v) is 9.90. The van der Waals surface area contributed by atoms with Crippen molar-refractivity contribution in [3.05, 3.63) is 231 Å². The summed E-state index contributed by atoms with van der Waals surface area (Å²) in [5, 5.41) is 6.57. The van der Waals surface area contributed by atoms with Gasteiger partial charge in [0.15, 0.2) is 5.82 Å². The van der Waals surface area contributed by atoms with E-state index in [0.717, 1.165) is 116 Å². The molecule has 0 unspecified atom stereocenters. The average Bonchev–Trinajstić information content (AvgIpc) is 3.97. The number of fused-ring (bicyclic) bond motifs is 7. The van der Waals surface area contributed by atoms with Crippen molar-refractivity contribution in [3.8, 4) is 78.4 Å². The molecule has 13 aromatic rings. The minimum Gasteiger partial charge on any atom is -0.455 e. The third kappa shape index (κ3) is 6.22. The van der Waals surface area contributed by atoms with Crippen molar-refractivity contribution < 1.29 is 8.83 Å². The predicted octanol–water partition coefficient (Wildman–Crippen LogP) is 17.1. The molecule has 0 N–H and O–H groups in total. The highest BCUT2D eigenvalue weighted by Gasteiger charge is 2.25. The van der Waals surface area contributed by atoms with Crippen LogP contribution < -0.4 is 0 Å². The molecular formula is C62H38N2O2. The number of hydrogen-bond donors (Lipinski definition) is 0. The van der Waals surface area contributed by atoms with Gasteiger partial charge in [-0.1, -0.05) is 188 Å². The number of nitrogens with zero attached hydrogens (tertiary/aromatic N) is 2. The zero-order valence-electron chi connectivity index (χ0n) is 35.7. The van der Waals surface area contributed by atoms with E-state index in [1.807, 2.05) is 24.3 Å². The Bertz CT molecular complexity index is 3860. The van der Waals surface area contributed by atoms with E-state index in [4.69, 9.17) is 18.8 Å². The van der Waals surface area contributed by atoms with Gasteiger partial charge >= 0.3 is 0 Å². The number of benzene rings is 10. The van der Waals surface area contributed by atoms with Gasteiger partial charge in [0.1, 0.15) is 22.3 Å². The van der Waals surface area contributed by atoms with Crippen LogP contribution in [0.3, 0.4) is 0 Å². The van der Waals surface area contributed by atoms with Crippen LogP contribution in [0.1, 0.15) is 0 Å². The third-order valence-electron chi connectivity index (χ3n) is 12.9. The van der Waals surface area contributed by atoms with Crippen LogP contribution in [0.15, 0.2) is 239 Å². The zero-order chi connectivity index (χ0) is 43.6. The van der Waals surface area contributed by atoms with Gasteiger partial charge in [0.25, 0.3) is 0 Å². The number of aromatic nitrogens is 2. The van der Waals surface area contributed by atoms with Crippen LogP contribution in [-0.4, -0.2) is 9.97 Å². The van der Waals surface area contributed by atoms with Gasteiger partial charge in [-0.15, -0.1) is 0 Å². The summed E-state index contributed by atoms with van der Waals surface area (Å²) < 4.78 is 13.4. The van der Waals surface area contributed by atoms with Gasteiger partial charge in [0.05, 0.1) is 11.4 Å². The van der Waals surface area contributed by atoms with E-state index in [0.29, 0.717) is 5.82 Å². The maximum atomic E-state index is 6.69. The summed E-state index contributed by atoms with van der Waals surface area (Å²) in [6.45, 7) is 0. The Morgan fingerprint density at radius 1 is 0.273 bits per heavy atom. The molecule has 0 atom stereocenters. The lowest BCUT2D eigenvalue weighted by Crippen LogP contribution is -2.00. The summed E-state index contributed by atoms with van der Waals surface area (Å²) in [6, 6.07) is 81.1. The lowest BCUT2D eigenvalue weighted by atomic mass is 9.83. The molecule has 0 aliphatic heterocycles. The molecule has 0 aliphatic carbocycles. The van der Waals surface area contributed by atoms with Gasteiger partial charge in [0.2, 0.25) is 0 Å². The maximum absolute atomic E-state index is 6.69. The summed E-state index contributed by atoms with van der Waals surface area (Å²) >= 11 is 0. The molecule has 3 aromatic heterocycles. The molecule has 4 heteroatoms. The van der Waals surface area contributed by atoms with Crippen LogP contribution in [0.4, 0.5) is 0 Å². The molecule has 308 valence electrons. The van der Waals surface area contributed by atoms with Crippen LogP contribution in [-0.2, 0) is 0 Å². The SMILES string of the molecule is c1ccc(-c2cccc(-c3c(-c4nc(-c5cccc6c5oc5ccccc56)cc(-c5cccc6c5oc5ccccc56)n4)ccc(-c4cccc5ccccc45)c3-c3ccccc3)c2)cc1. The zero-order valence-corrected chi connectivity index (χ0v) is 35.7. The minimum absolute atomic E-state index is 0.588. The summed E-state index contributed by atoms with van der Waals surface area (Å²) in [5.41, 5.74) is 16.2. The molecule has 66 heavy (non-hydrogen) atoms. The number of para-hydroxylation sites is 4. The second-order valence-electron chi connectivity index (χ2n) is 16.8. The van der Waals surface area contributed by atoms with Gasteiger partial charge in [-0.05, 0) is 92.2 Å². The Kier molecular flexibility index (Phi) is 8.81. The Hall–Kier alpha value is -8.86. The fourth-order valence-electron chi connectivity index (χ4n) is 9.90. The molecular weight excluding hydrogens is 805 g/mol. The molecule has 4 nitrogen and oxygen atoms in total. The first-order valence-corrected chi connectivity index (χ1v) is 22.3.